The Bertz CT molecular complexity index is 363. The van der Waals surface area contributed by atoms with E-state index in [1.807, 2.05) is 13.0 Å². The molecular weight excluding hydrogens is 224 g/mol. The molecule has 0 saturated heterocycles. The summed E-state index contributed by atoms with van der Waals surface area (Å²) in [4.78, 5) is 10.9. The van der Waals surface area contributed by atoms with E-state index in [-0.39, 0.29) is 17.5 Å². The van der Waals surface area contributed by atoms with E-state index in [0.717, 1.165) is 6.42 Å². The van der Waals surface area contributed by atoms with Crippen LogP contribution in [0.15, 0.2) is 23.8 Å². The van der Waals surface area contributed by atoms with E-state index in [1.165, 1.54) is 12.5 Å². The summed E-state index contributed by atoms with van der Waals surface area (Å²) in [6, 6.07) is 0. The third kappa shape index (κ3) is 3.47. The van der Waals surface area contributed by atoms with Crippen LogP contribution in [-0.4, -0.2) is 12.1 Å². The summed E-state index contributed by atoms with van der Waals surface area (Å²) in [5.41, 5.74) is 1.68. The molecular formula is C16H26O2. The molecule has 18 heavy (non-hydrogen) atoms. The Hall–Kier alpha value is -1.05. The lowest BCUT2D eigenvalue weighted by Gasteiger charge is -2.42. The zero-order valence-electron chi connectivity index (χ0n) is 12.5. The first kappa shape index (κ1) is 15.0. The Morgan fingerprint density at radius 1 is 1.56 bits per heavy atom. The van der Waals surface area contributed by atoms with E-state index < -0.39 is 0 Å². The van der Waals surface area contributed by atoms with Crippen LogP contribution < -0.4 is 0 Å². The number of hydrogen-bond acceptors (Lipinski definition) is 2. The average molecular weight is 250 g/mol. The zero-order valence-corrected chi connectivity index (χ0v) is 12.5. The second-order valence-electron chi connectivity index (χ2n) is 6.08. The van der Waals surface area contributed by atoms with Gasteiger partial charge in [-0.1, -0.05) is 38.5 Å². The predicted octanol–water partition coefficient (Wildman–Crippen LogP) is 4.12. The van der Waals surface area contributed by atoms with Crippen LogP contribution in [0.2, 0.25) is 0 Å². The van der Waals surface area contributed by atoms with Crippen molar-refractivity contribution in [1.82, 2.24) is 0 Å². The van der Waals surface area contributed by atoms with Gasteiger partial charge in [0.1, 0.15) is 6.10 Å². The molecule has 0 aliphatic heterocycles. The Kier molecular flexibility index (Phi) is 4.78. The van der Waals surface area contributed by atoms with E-state index in [4.69, 9.17) is 4.74 Å². The van der Waals surface area contributed by atoms with Gasteiger partial charge in [-0.25, -0.2) is 0 Å². The van der Waals surface area contributed by atoms with Gasteiger partial charge in [-0.3, -0.25) is 4.79 Å². The number of ether oxygens (including phenoxy) is 1. The monoisotopic (exact) mass is 250 g/mol. The molecule has 1 rings (SSSR count). The molecule has 2 nitrogen and oxygen atoms in total. The molecule has 0 aromatic carbocycles. The SMILES string of the molecule is CC(=O)O[C@H](C)C=C[C@H]1C(C)=CC[C@H](C)C1(C)C. The molecule has 0 amide bonds. The quantitative estimate of drug-likeness (QED) is 0.556. The maximum Gasteiger partial charge on any atom is 0.303 e. The first-order valence-corrected chi connectivity index (χ1v) is 6.77. The fourth-order valence-electron chi connectivity index (χ4n) is 2.66. The number of allylic oxidation sites excluding steroid dienone is 3. The van der Waals surface area contributed by atoms with Gasteiger partial charge in [-0.2, -0.15) is 0 Å². The van der Waals surface area contributed by atoms with Crippen LogP contribution in [0.1, 0.15) is 48.0 Å². The highest BCUT2D eigenvalue weighted by molar-refractivity contribution is 5.66. The second kappa shape index (κ2) is 5.73. The lowest BCUT2D eigenvalue weighted by atomic mass is 9.63. The van der Waals surface area contributed by atoms with Gasteiger partial charge in [0.25, 0.3) is 0 Å². The van der Waals surface area contributed by atoms with Gasteiger partial charge in [-0.05, 0) is 37.7 Å². The Balaban J connectivity index is 2.80. The molecule has 0 fully saturated rings. The summed E-state index contributed by atoms with van der Waals surface area (Å²) in [6.45, 7) is 12.5. The molecule has 0 N–H and O–H groups in total. The summed E-state index contributed by atoms with van der Waals surface area (Å²) in [5, 5.41) is 0. The highest BCUT2D eigenvalue weighted by Gasteiger charge is 2.36. The fraction of sp³-hybridized carbons (Fsp3) is 0.688. The van der Waals surface area contributed by atoms with E-state index >= 15 is 0 Å². The van der Waals surface area contributed by atoms with Crippen molar-refractivity contribution in [3.05, 3.63) is 23.8 Å². The molecule has 0 spiro atoms. The number of rotatable bonds is 3. The maximum absolute atomic E-state index is 10.9. The Morgan fingerprint density at radius 2 is 2.17 bits per heavy atom. The molecule has 102 valence electrons. The normalized spacial score (nSPS) is 28.9. The molecule has 2 heteroatoms. The molecule has 1 aliphatic carbocycles. The summed E-state index contributed by atoms with van der Waals surface area (Å²) in [5.74, 6) is 0.870. The summed E-state index contributed by atoms with van der Waals surface area (Å²) in [6.07, 6.45) is 7.55. The van der Waals surface area contributed by atoms with Gasteiger partial charge in [0.2, 0.25) is 0 Å². The minimum absolute atomic E-state index is 0.150. The van der Waals surface area contributed by atoms with Gasteiger partial charge in [-0.15, -0.1) is 0 Å². The fourth-order valence-corrected chi connectivity index (χ4v) is 2.66. The third-order valence-electron chi connectivity index (χ3n) is 4.28. The molecule has 0 aromatic heterocycles. The second-order valence-corrected chi connectivity index (χ2v) is 6.08. The maximum atomic E-state index is 10.9. The lowest BCUT2D eigenvalue weighted by Crippen LogP contribution is -2.33. The van der Waals surface area contributed by atoms with Gasteiger partial charge < -0.3 is 4.74 Å². The average Bonchev–Trinajstić information content (AvgIpc) is 2.22. The molecule has 0 saturated carbocycles. The summed E-state index contributed by atoms with van der Waals surface area (Å²) in [7, 11) is 0. The van der Waals surface area contributed by atoms with Crippen molar-refractivity contribution in [2.75, 3.05) is 0 Å². The largest absolute Gasteiger partial charge is 0.459 e. The molecule has 1 aliphatic rings. The van der Waals surface area contributed by atoms with E-state index in [0.29, 0.717) is 11.8 Å². The van der Waals surface area contributed by atoms with Crippen molar-refractivity contribution in [3.63, 3.8) is 0 Å². The van der Waals surface area contributed by atoms with Crippen molar-refractivity contribution in [2.45, 2.75) is 54.1 Å². The van der Waals surface area contributed by atoms with Crippen LogP contribution >= 0.6 is 0 Å². The smallest absolute Gasteiger partial charge is 0.303 e. The minimum Gasteiger partial charge on any atom is -0.459 e. The van der Waals surface area contributed by atoms with Crippen LogP contribution in [-0.2, 0) is 9.53 Å². The van der Waals surface area contributed by atoms with Crippen molar-refractivity contribution in [3.8, 4) is 0 Å². The molecule has 0 heterocycles. The number of esters is 1. The topological polar surface area (TPSA) is 26.3 Å². The highest BCUT2D eigenvalue weighted by Crippen LogP contribution is 2.45. The van der Waals surface area contributed by atoms with Crippen LogP contribution in [0.25, 0.3) is 0 Å². The highest BCUT2D eigenvalue weighted by atomic mass is 16.5. The van der Waals surface area contributed by atoms with Crippen LogP contribution in [0.5, 0.6) is 0 Å². The number of carbonyl (C=O) groups is 1. The predicted molar refractivity (Wildman–Crippen MR) is 75.2 cm³/mol. The first-order valence-electron chi connectivity index (χ1n) is 6.77. The van der Waals surface area contributed by atoms with E-state index in [1.54, 1.807) is 0 Å². The van der Waals surface area contributed by atoms with Crippen molar-refractivity contribution in [2.24, 2.45) is 17.3 Å². The van der Waals surface area contributed by atoms with Crippen LogP contribution in [0, 0.1) is 17.3 Å². The molecule has 3 atom stereocenters. The van der Waals surface area contributed by atoms with E-state index in [9.17, 15) is 4.79 Å². The van der Waals surface area contributed by atoms with Crippen molar-refractivity contribution < 1.29 is 9.53 Å². The number of hydrogen-bond donors (Lipinski definition) is 0. The number of carbonyl (C=O) groups excluding carboxylic acids is 1. The Morgan fingerprint density at radius 3 is 2.72 bits per heavy atom. The first-order chi connectivity index (χ1) is 8.25. The lowest BCUT2D eigenvalue weighted by molar-refractivity contribution is -0.143. The van der Waals surface area contributed by atoms with Crippen LogP contribution in [0.3, 0.4) is 0 Å². The van der Waals surface area contributed by atoms with Gasteiger partial charge >= 0.3 is 5.97 Å². The molecule has 0 unspecified atom stereocenters. The van der Waals surface area contributed by atoms with Gasteiger partial charge in [0.15, 0.2) is 0 Å². The molecule has 0 radical (unpaired) electrons. The molecule has 0 bridgehead atoms. The van der Waals surface area contributed by atoms with Crippen LogP contribution in [0.4, 0.5) is 0 Å². The van der Waals surface area contributed by atoms with Gasteiger partial charge in [0.05, 0.1) is 0 Å². The van der Waals surface area contributed by atoms with Gasteiger partial charge in [0, 0.05) is 12.8 Å². The standard InChI is InChI=1S/C16H26O2/c1-11-7-8-12(2)16(5,6)15(11)10-9-13(3)18-14(4)17/h7,9-10,12-13,15H,8H2,1-6H3/t12-,13+,15-/m0/s1. The summed E-state index contributed by atoms with van der Waals surface area (Å²) >= 11 is 0. The van der Waals surface area contributed by atoms with Crippen molar-refractivity contribution >= 4 is 5.97 Å². The van der Waals surface area contributed by atoms with E-state index in [2.05, 4.69) is 39.8 Å². The Labute approximate surface area is 111 Å². The van der Waals surface area contributed by atoms with Crippen molar-refractivity contribution in [1.29, 1.82) is 0 Å². The minimum atomic E-state index is -0.226. The molecule has 0 aromatic rings. The zero-order chi connectivity index (χ0) is 13.9. The third-order valence-corrected chi connectivity index (χ3v) is 4.28. The summed E-state index contributed by atoms with van der Waals surface area (Å²) < 4.78 is 5.13.